The summed E-state index contributed by atoms with van der Waals surface area (Å²) in [7, 11) is 0. The van der Waals surface area contributed by atoms with Crippen LogP contribution in [0.5, 0.6) is 0 Å². The van der Waals surface area contributed by atoms with Gasteiger partial charge in [-0.1, -0.05) is 202 Å². The van der Waals surface area contributed by atoms with Gasteiger partial charge in [0.2, 0.25) is 0 Å². The van der Waals surface area contributed by atoms with Gasteiger partial charge >= 0.3 is 0 Å². The zero-order chi connectivity index (χ0) is 36.6. The van der Waals surface area contributed by atoms with Gasteiger partial charge in [-0.2, -0.15) is 0 Å². The van der Waals surface area contributed by atoms with E-state index in [-0.39, 0.29) is 7.43 Å². The average Bonchev–Trinajstić information content (AvgIpc) is 3.67. The molecule has 0 spiro atoms. The highest BCUT2D eigenvalue weighted by atomic mass is 15.0. The lowest BCUT2D eigenvalue weighted by molar-refractivity contribution is 1.07. The summed E-state index contributed by atoms with van der Waals surface area (Å²) >= 11 is 0. The van der Waals surface area contributed by atoms with Gasteiger partial charge < -0.3 is 0 Å². The van der Waals surface area contributed by atoms with E-state index in [1.807, 2.05) is 36.4 Å². The van der Waals surface area contributed by atoms with Crippen LogP contribution >= 0.6 is 0 Å². The Morgan fingerprint density at radius 2 is 0.571 bits per heavy atom. The lowest BCUT2D eigenvalue weighted by Gasteiger charge is -2.11. The fraction of sp³-hybridized carbons (Fsp3) is 0.0377. The summed E-state index contributed by atoms with van der Waals surface area (Å²) in [6, 6.07) is 70.7. The molecule has 9 aromatic rings. The van der Waals surface area contributed by atoms with Gasteiger partial charge in [0, 0.05) is 16.7 Å². The normalized spacial score (nSPS) is 11.4. The number of rotatable bonds is 7. The van der Waals surface area contributed by atoms with Crippen molar-refractivity contribution in [2.45, 2.75) is 13.8 Å². The minimum absolute atomic E-state index is 0. The summed E-state index contributed by atoms with van der Waals surface area (Å²) in [6.07, 6.45) is 0.922. The molecule has 1 aromatic heterocycles. The Balaban J connectivity index is 0.00000410. The first kappa shape index (κ1) is 34.5. The molecule has 0 N–H and O–H groups in total. The Kier molecular flexibility index (Phi) is 9.18. The van der Waals surface area contributed by atoms with Crippen molar-refractivity contribution in [3.63, 3.8) is 0 Å². The van der Waals surface area contributed by atoms with Crippen LogP contribution in [0, 0.1) is 0 Å². The van der Waals surface area contributed by atoms with Crippen molar-refractivity contribution in [1.82, 2.24) is 15.0 Å². The van der Waals surface area contributed by atoms with Crippen LogP contribution in [0.15, 0.2) is 200 Å². The number of nitrogens with zero attached hydrogens (tertiary/aromatic N) is 3. The van der Waals surface area contributed by atoms with E-state index in [4.69, 9.17) is 15.0 Å². The van der Waals surface area contributed by atoms with E-state index in [1.54, 1.807) is 0 Å². The topological polar surface area (TPSA) is 38.7 Å². The van der Waals surface area contributed by atoms with Crippen molar-refractivity contribution in [2.75, 3.05) is 0 Å². The van der Waals surface area contributed by atoms with Gasteiger partial charge in [-0.3, -0.25) is 0 Å². The SMILES string of the molecule is C.c1ccc(-c2ccc(-c3nc(-c4ccccc4)nc(-c4cccc(-c5ccc(-c6cccc7c6Cc6c(-c8ccccc8)cccc6-7)cc5)c4)n3)cc2)cc1. The number of fused-ring (bicyclic) bond motifs is 3. The van der Waals surface area contributed by atoms with Crippen LogP contribution in [0.2, 0.25) is 0 Å². The summed E-state index contributed by atoms with van der Waals surface area (Å²) in [4.78, 5) is 15.0. The Morgan fingerprint density at radius 1 is 0.250 bits per heavy atom. The van der Waals surface area contributed by atoms with E-state index in [0.29, 0.717) is 17.5 Å². The van der Waals surface area contributed by atoms with Gasteiger partial charge in [-0.15, -0.1) is 0 Å². The van der Waals surface area contributed by atoms with Gasteiger partial charge in [0.15, 0.2) is 17.5 Å². The number of benzene rings is 8. The molecule has 0 bridgehead atoms. The molecule has 0 saturated carbocycles. The smallest absolute Gasteiger partial charge is 0.164 e. The second-order valence-corrected chi connectivity index (χ2v) is 14.0. The maximum atomic E-state index is 5.04. The minimum Gasteiger partial charge on any atom is -0.208 e. The lowest BCUT2D eigenvalue weighted by Crippen LogP contribution is -2.00. The molecule has 266 valence electrons. The fourth-order valence-corrected chi connectivity index (χ4v) is 7.87. The first-order valence-electron chi connectivity index (χ1n) is 18.7. The monoisotopic (exact) mass is 717 g/mol. The Morgan fingerprint density at radius 3 is 1.12 bits per heavy atom. The molecule has 0 saturated heterocycles. The lowest BCUT2D eigenvalue weighted by atomic mass is 9.94. The van der Waals surface area contributed by atoms with Gasteiger partial charge in [-0.05, 0) is 79.2 Å². The van der Waals surface area contributed by atoms with E-state index in [9.17, 15) is 0 Å². The van der Waals surface area contributed by atoms with Crippen LogP contribution in [0.4, 0.5) is 0 Å². The molecule has 0 aliphatic heterocycles. The first-order chi connectivity index (χ1) is 27.2. The molecule has 0 radical (unpaired) electrons. The van der Waals surface area contributed by atoms with Gasteiger partial charge in [0.05, 0.1) is 0 Å². The molecule has 1 heterocycles. The highest BCUT2D eigenvalue weighted by Crippen LogP contribution is 2.45. The van der Waals surface area contributed by atoms with E-state index in [0.717, 1.165) is 39.8 Å². The summed E-state index contributed by atoms with van der Waals surface area (Å²) < 4.78 is 0. The van der Waals surface area contributed by atoms with Crippen LogP contribution in [-0.4, -0.2) is 15.0 Å². The van der Waals surface area contributed by atoms with Crippen LogP contribution in [0.25, 0.3) is 89.8 Å². The second kappa shape index (κ2) is 14.9. The predicted octanol–water partition coefficient (Wildman–Crippen LogP) is 13.7. The Hall–Kier alpha value is -7.23. The fourth-order valence-electron chi connectivity index (χ4n) is 7.87. The predicted molar refractivity (Wildman–Crippen MR) is 233 cm³/mol. The zero-order valence-corrected chi connectivity index (χ0v) is 30.1. The van der Waals surface area contributed by atoms with Gasteiger partial charge in [0.25, 0.3) is 0 Å². The van der Waals surface area contributed by atoms with E-state index in [1.165, 1.54) is 50.1 Å². The molecule has 3 nitrogen and oxygen atoms in total. The molecule has 1 aliphatic carbocycles. The van der Waals surface area contributed by atoms with Crippen molar-refractivity contribution in [1.29, 1.82) is 0 Å². The largest absolute Gasteiger partial charge is 0.208 e. The highest BCUT2D eigenvalue weighted by molar-refractivity contribution is 5.90. The van der Waals surface area contributed by atoms with Gasteiger partial charge in [-0.25, -0.2) is 15.0 Å². The molecule has 10 rings (SSSR count). The van der Waals surface area contributed by atoms with Crippen molar-refractivity contribution in [2.24, 2.45) is 0 Å². The highest BCUT2D eigenvalue weighted by Gasteiger charge is 2.24. The third-order valence-electron chi connectivity index (χ3n) is 10.6. The summed E-state index contributed by atoms with van der Waals surface area (Å²) in [5.41, 5.74) is 18.0. The van der Waals surface area contributed by atoms with E-state index < -0.39 is 0 Å². The third kappa shape index (κ3) is 6.50. The van der Waals surface area contributed by atoms with Crippen molar-refractivity contribution >= 4 is 0 Å². The molecule has 1 aliphatic rings. The van der Waals surface area contributed by atoms with E-state index in [2.05, 4.69) is 164 Å². The van der Waals surface area contributed by atoms with E-state index >= 15 is 0 Å². The Bertz CT molecular complexity index is 2790. The summed E-state index contributed by atoms with van der Waals surface area (Å²) in [6.45, 7) is 0. The molecule has 8 aromatic carbocycles. The second-order valence-electron chi connectivity index (χ2n) is 14.0. The summed E-state index contributed by atoms with van der Waals surface area (Å²) in [5, 5.41) is 0. The zero-order valence-electron chi connectivity index (χ0n) is 30.1. The van der Waals surface area contributed by atoms with Crippen LogP contribution in [0.3, 0.4) is 0 Å². The maximum Gasteiger partial charge on any atom is 0.164 e. The van der Waals surface area contributed by atoms with Gasteiger partial charge in [0.1, 0.15) is 0 Å². The maximum absolute atomic E-state index is 5.04. The molecular weight excluding hydrogens is 679 g/mol. The number of hydrogen-bond donors (Lipinski definition) is 0. The quantitative estimate of drug-likeness (QED) is 0.165. The average molecular weight is 718 g/mol. The van der Waals surface area contributed by atoms with Crippen LogP contribution in [0.1, 0.15) is 18.6 Å². The third-order valence-corrected chi connectivity index (χ3v) is 10.6. The van der Waals surface area contributed by atoms with Crippen molar-refractivity contribution in [3.05, 3.63) is 211 Å². The minimum atomic E-state index is 0. The molecular formula is C53H39N3. The molecule has 0 atom stereocenters. The Labute approximate surface area is 328 Å². The molecule has 0 amide bonds. The van der Waals surface area contributed by atoms with Crippen LogP contribution < -0.4 is 0 Å². The van der Waals surface area contributed by atoms with Crippen LogP contribution in [-0.2, 0) is 6.42 Å². The number of aromatic nitrogens is 3. The molecule has 56 heavy (non-hydrogen) atoms. The number of hydrogen-bond acceptors (Lipinski definition) is 3. The van der Waals surface area contributed by atoms with Crippen molar-refractivity contribution < 1.29 is 0 Å². The standard InChI is InChI=1S/C52H35N3.CH4/c1-4-13-35(14-5-1)36-27-31-41(32-28-36)51-53-50(40-17-8-3-9-18-40)54-52(55-51)43-20-10-19-42(33-43)37-25-29-39(30-26-37)45-22-12-24-47-46-23-11-21-44(48(46)34-49(45)47)38-15-6-2-7-16-38;/h1-33H,34H2;1H4. The molecule has 0 fully saturated rings. The summed E-state index contributed by atoms with van der Waals surface area (Å²) in [5.74, 6) is 1.94. The molecule has 0 unspecified atom stereocenters. The first-order valence-corrected chi connectivity index (χ1v) is 18.7. The van der Waals surface area contributed by atoms with Crippen molar-refractivity contribution in [3.8, 4) is 89.8 Å². The molecule has 3 heteroatoms.